The van der Waals surface area contributed by atoms with E-state index in [2.05, 4.69) is 17.0 Å². The Morgan fingerprint density at radius 1 is 0.760 bits per heavy atom. The smallest absolute Gasteiger partial charge is 0.293 e. The third-order valence-electron chi connectivity index (χ3n) is 4.62. The fraction of sp³-hybridized carbons (Fsp3) is 0.905. The zero-order valence-corrected chi connectivity index (χ0v) is 16.5. The Morgan fingerprint density at radius 3 is 1.64 bits per heavy atom. The van der Waals surface area contributed by atoms with E-state index in [9.17, 15) is 9.59 Å². The Morgan fingerprint density at radius 2 is 1.20 bits per heavy atom. The van der Waals surface area contributed by atoms with Gasteiger partial charge in [0.2, 0.25) is 5.91 Å². The fourth-order valence-corrected chi connectivity index (χ4v) is 3.04. The van der Waals surface area contributed by atoms with E-state index in [1.54, 1.807) is 0 Å². The van der Waals surface area contributed by atoms with Gasteiger partial charge < -0.3 is 10.1 Å². The van der Waals surface area contributed by atoms with E-state index in [4.69, 9.17) is 0 Å². The van der Waals surface area contributed by atoms with E-state index in [0.29, 0.717) is 19.4 Å². The maximum absolute atomic E-state index is 11.5. The van der Waals surface area contributed by atoms with E-state index in [-0.39, 0.29) is 12.5 Å². The van der Waals surface area contributed by atoms with Crippen molar-refractivity contribution in [3.05, 3.63) is 0 Å². The van der Waals surface area contributed by atoms with Gasteiger partial charge in [0.1, 0.15) is 6.61 Å². The molecule has 148 valence electrons. The van der Waals surface area contributed by atoms with Crippen molar-refractivity contribution in [2.45, 2.75) is 110 Å². The molecule has 4 heteroatoms. The van der Waals surface area contributed by atoms with Gasteiger partial charge >= 0.3 is 0 Å². The molecule has 0 aliphatic rings. The molecule has 0 saturated carbocycles. The number of unbranched alkanes of at least 4 members (excludes halogenated alkanes) is 14. The number of carbonyl (C=O) groups is 2. The van der Waals surface area contributed by atoms with Crippen LogP contribution in [-0.4, -0.2) is 25.5 Å². The highest BCUT2D eigenvalue weighted by Gasteiger charge is 2.00. The van der Waals surface area contributed by atoms with Crippen molar-refractivity contribution < 1.29 is 14.3 Å². The number of hydrogen-bond donors (Lipinski definition) is 1. The number of hydrogen-bond acceptors (Lipinski definition) is 3. The Balaban J connectivity index is 3.09. The van der Waals surface area contributed by atoms with Crippen molar-refractivity contribution in [2.75, 3.05) is 13.2 Å². The average molecular weight is 356 g/mol. The highest BCUT2D eigenvalue weighted by atomic mass is 16.5. The van der Waals surface area contributed by atoms with Gasteiger partial charge in [-0.3, -0.25) is 9.59 Å². The van der Waals surface area contributed by atoms with Gasteiger partial charge in [0.15, 0.2) is 0 Å². The van der Waals surface area contributed by atoms with Crippen molar-refractivity contribution >= 4 is 12.4 Å². The molecule has 0 fully saturated rings. The summed E-state index contributed by atoms with van der Waals surface area (Å²) in [4.78, 5) is 21.4. The van der Waals surface area contributed by atoms with Crippen LogP contribution in [0.25, 0.3) is 0 Å². The second-order valence-corrected chi connectivity index (χ2v) is 7.02. The van der Waals surface area contributed by atoms with Crippen molar-refractivity contribution in [3.8, 4) is 0 Å². The minimum absolute atomic E-state index is 0.0594. The third kappa shape index (κ3) is 20.9. The van der Waals surface area contributed by atoms with Gasteiger partial charge in [-0.1, -0.05) is 96.8 Å². The van der Waals surface area contributed by atoms with Crippen LogP contribution in [0.15, 0.2) is 0 Å². The zero-order chi connectivity index (χ0) is 18.4. The summed E-state index contributed by atoms with van der Waals surface area (Å²) in [6.45, 7) is 3.34. The van der Waals surface area contributed by atoms with E-state index in [0.717, 1.165) is 12.8 Å². The largest absolute Gasteiger partial charge is 0.466 e. The normalized spacial score (nSPS) is 10.6. The maximum atomic E-state index is 11.5. The van der Waals surface area contributed by atoms with Crippen LogP contribution < -0.4 is 5.32 Å². The molecule has 0 radical (unpaired) electrons. The third-order valence-corrected chi connectivity index (χ3v) is 4.62. The monoisotopic (exact) mass is 355 g/mol. The predicted molar refractivity (Wildman–Crippen MR) is 105 cm³/mol. The molecule has 0 spiro atoms. The molecular weight excluding hydrogens is 314 g/mol. The van der Waals surface area contributed by atoms with Gasteiger partial charge in [-0.2, -0.15) is 0 Å². The molecule has 4 nitrogen and oxygen atoms in total. The first-order valence-corrected chi connectivity index (χ1v) is 10.6. The first-order valence-electron chi connectivity index (χ1n) is 10.6. The van der Waals surface area contributed by atoms with Crippen LogP contribution in [0.5, 0.6) is 0 Å². The van der Waals surface area contributed by atoms with Crippen LogP contribution in [0.3, 0.4) is 0 Å². The second kappa shape index (κ2) is 21.0. The summed E-state index contributed by atoms with van der Waals surface area (Å²) in [6, 6.07) is 0. The summed E-state index contributed by atoms with van der Waals surface area (Å²) in [5, 5.41) is 2.74. The van der Waals surface area contributed by atoms with E-state index in [1.807, 2.05) is 0 Å². The minimum atomic E-state index is 0.0594. The molecule has 1 N–H and O–H groups in total. The standard InChI is InChI=1S/C21H41NO3/c1-2-3-4-5-6-7-8-9-10-11-12-13-14-15-16-17-21(24)22-18-19-25-20-23/h20H,2-19H2,1H3,(H,22,24). The number of ether oxygens (including phenoxy) is 1. The lowest BCUT2D eigenvalue weighted by atomic mass is 10.0. The number of amides is 1. The number of rotatable bonds is 20. The summed E-state index contributed by atoms with van der Waals surface area (Å²) in [5.41, 5.74) is 0. The van der Waals surface area contributed by atoms with Crippen molar-refractivity contribution in [3.63, 3.8) is 0 Å². The summed E-state index contributed by atoms with van der Waals surface area (Å²) in [7, 11) is 0. The number of carbonyl (C=O) groups excluding carboxylic acids is 2. The highest BCUT2D eigenvalue weighted by molar-refractivity contribution is 5.75. The molecule has 0 aromatic heterocycles. The van der Waals surface area contributed by atoms with Gasteiger partial charge in [0.25, 0.3) is 6.47 Å². The molecule has 0 aromatic rings. The highest BCUT2D eigenvalue weighted by Crippen LogP contribution is 2.13. The lowest BCUT2D eigenvalue weighted by Crippen LogP contribution is -2.26. The molecule has 0 bridgehead atoms. The summed E-state index contributed by atoms with van der Waals surface area (Å²) < 4.78 is 4.52. The van der Waals surface area contributed by atoms with Crippen molar-refractivity contribution in [2.24, 2.45) is 0 Å². The topological polar surface area (TPSA) is 55.4 Å². The minimum Gasteiger partial charge on any atom is -0.466 e. The lowest BCUT2D eigenvalue weighted by Gasteiger charge is -2.05. The summed E-state index contributed by atoms with van der Waals surface area (Å²) in [5.74, 6) is 0.0594. The molecule has 1 amide bonds. The molecular formula is C21H41NO3. The van der Waals surface area contributed by atoms with Crippen LogP contribution in [0.4, 0.5) is 0 Å². The molecule has 0 aromatic carbocycles. The van der Waals surface area contributed by atoms with Crippen molar-refractivity contribution in [1.82, 2.24) is 5.32 Å². The van der Waals surface area contributed by atoms with E-state index in [1.165, 1.54) is 83.5 Å². The molecule has 0 rings (SSSR count). The quantitative estimate of drug-likeness (QED) is 0.230. The lowest BCUT2D eigenvalue weighted by molar-refractivity contribution is -0.129. The predicted octanol–water partition coefficient (Wildman–Crippen LogP) is 5.54. The molecule has 0 saturated heterocycles. The molecule has 0 aliphatic carbocycles. The Hall–Kier alpha value is -1.06. The van der Waals surface area contributed by atoms with Gasteiger partial charge in [0, 0.05) is 6.42 Å². The zero-order valence-electron chi connectivity index (χ0n) is 16.5. The van der Waals surface area contributed by atoms with E-state index < -0.39 is 0 Å². The fourth-order valence-electron chi connectivity index (χ4n) is 3.04. The summed E-state index contributed by atoms with van der Waals surface area (Å²) in [6.07, 6.45) is 20.6. The Labute approximate surface area is 155 Å². The SMILES string of the molecule is CCCCCCCCCCCCCCCCCC(=O)NCCOC=O. The molecule has 0 aliphatic heterocycles. The van der Waals surface area contributed by atoms with Gasteiger partial charge in [-0.25, -0.2) is 0 Å². The van der Waals surface area contributed by atoms with Crippen LogP contribution in [0, 0.1) is 0 Å². The summed E-state index contributed by atoms with van der Waals surface area (Å²) >= 11 is 0. The van der Waals surface area contributed by atoms with Gasteiger partial charge in [-0.05, 0) is 6.42 Å². The molecule has 25 heavy (non-hydrogen) atoms. The maximum Gasteiger partial charge on any atom is 0.293 e. The molecule has 0 unspecified atom stereocenters. The Kier molecular flexibility index (Phi) is 20.1. The van der Waals surface area contributed by atoms with Crippen molar-refractivity contribution in [1.29, 1.82) is 0 Å². The first-order chi connectivity index (χ1) is 12.3. The van der Waals surface area contributed by atoms with Crippen LogP contribution >= 0.6 is 0 Å². The number of nitrogens with one attached hydrogen (secondary N) is 1. The molecule has 0 atom stereocenters. The Bertz CT molecular complexity index is 295. The van der Waals surface area contributed by atoms with Crippen LogP contribution in [-0.2, 0) is 14.3 Å². The second-order valence-electron chi connectivity index (χ2n) is 7.02. The van der Waals surface area contributed by atoms with E-state index >= 15 is 0 Å². The molecule has 0 heterocycles. The van der Waals surface area contributed by atoms with Gasteiger partial charge in [-0.15, -0.1) is 0 Å². The van der Waals surface area contributed by atoms with Crippen LogP contribution in [0.2, 0.25) is 0 Å². The van der Waals surface area contributed by atoms with Crippen LogP contribution in [0.1, 0.15) is 110 Å². The average Bonchev–Trinajstić information content (AvgIpc) is 2.62. The van der Waals surface area contributed by atoms with Gasteiger partial charge in [0.05, 0.1) is 6.54 Å². The first kappa shape index (κ1) is 23.9.